The minimum Gasteiger partial charge on any atom is -0.366 e. The van der Waals surface area contributed by atoms with Crippen LogP contribution in [0.1, 0.15) is 25.8 Å². The Labute approximate surface area is 119 Å². The molecule has 18 heavy (non-hydrogen) atoms. The van der Waals surface area contributed by atoms with E-state index < -0.39 is 0 Å². The van der Waals surface area contributed by atoms with Crippen molar-refractivity contribution in [3.05, 3.63) is 22.3 Å². The molecule has 0 saturated heterocycles. The number of hydrogen-bond acceptors (Lipinski definition) is 3. The number of halogens is 1. The fourth-order valence-corrected chi connectivity index (χ4v) is 2.23. The van der Waals surface area contributed by atoms with Crippen molar-refractivity contribution >= 4 is 21.7 Å². The third-order valence-electron chi connectivity index (χ3n) is 2.74. The summed E-state index contributed by atoms with van der Waals surface area (Å²) in [4.78, 5) is 6.63. The molecule has 0 bridgehead atoms. The standard InChI is InChI=1S/C14H24BrN3/c1-10(2)6-12(9-18(4)5)17-14-7-11(3)13(15)8-16-14/h7-8,10,12H,6,9H2,1-5H3,(H,16,17). The first kappa shape index (κ1) is 15.4. The van der Waals surface area contributed by atoms with E-state index in [1.54, 1.807) is 0 Å². The van der Waals surface area contributed by atoms with E-state index in [4.69, 9.17) is 0 Å². The summed E-state index contributed by atoms with van der Waals surface area (Å²) in [5.74, 6) is 1.64. The number of nitrogens with zero attached hydrogens (tertiary/aromatic N) is 2. The molecule has 0 spiro atoms. The zero-order chi connectivity index (χ0) is 13.7. The van der Waals surface area contributed by atoms with Gasteiger partial charge in [0.1, 0.15) is 5.82 Å². The molecule has 0 aliphatic rings. The summed E-state index contributed by atoms with van der Waals surface area (Å²) < 4.78 is 1.06. The highest BCUT2D eigenvalue weighted by molar-refractivity contribution is 9.10. The van der Waals surface area contributed by atoms with Crippen LogP contribution in [0.15, 0.2) is 16.7 Å². The predicted octanol–water partition coefficient (Wildman–Crippen LogP) is 3.54. The lowest BCUT2D eigenvalue weighted by atomic mass is 10.0. The summed E-state index contributed by atoms with van der Waals surface area (Å²) in [6.07, 6.45) is 3.01. The predicted molar refractivity (Wildman–Crippen MR) is 82.1 cm³/mol. The van der Waals surface area contributed by atoms with Crippen LogP contribution < -0.4 is 5.32 Å². The quantitative estimate of drug-likeness (QED) is 0.870. The van der Waals surface area contributed by atoms with Crippen molar-refractivity contribution in [3.8, 4) is 0 Å². The molecule has 3 nitrogen and oxygen atoms in total. The van der Waals surface area contributed by atoms with E-state index >= 15 is 0 Å². The normalized spacial score (nSPS) is 13.1. The summed E-state index contributed by atoms with van der Waals surface area (Å²) in [6.45, 7) is 7.62. The minimum absolute atomic E-state index is 0.438. The van der Waals surface area contributed by atoms with Gasteiger partial charge in [-0.05, 0) is 60.9 Å². The third-order valence-corrected chi connectivity index (χ3v) is 3.57. The molecule has 102 valence electrons. The highest BCUT2D eigenvalue weighted by Gasteiger charge is 2.12. The van der Waals surface area contributed by atoms with Gasteiger partial charge in [-0.25, -0.2) is 4.98 Å². The van der Waals surface area contributed by atoms with Crippen LogP contribution in [-0.4, -0.2) is 36.6 Å². The molecule has 0 saturated carbocycles. The third kappa shape index (κ3) is 5.36. The van der Waals surface area contributed by atoms with Crippen molar-refractivity contribution in [2.75, 3.05) is 26.0 Å². The van der Waals surface area contributed by atoms with Gasteiger partial charge in [0.15, 0.2) is 0 Å². The van der Waals surface area contributed by atoms with Crippen molar-refractivity contribution in [1.82, 2.24) is 9.88 Å². The zero-order valence-electron chi connectivity index (χ0n) is 12.0. The molecule has 0 aliphatic heterocycles. The first-order chi connectivity index (χ1) is 8.38. The molecule has 0 amide bonds. The van der Waals surface area contributed by atoms with Crippen LogP contribution >= 0.6 is 15.9 Å². The molecule has 1 unspecified atom stereocenters. The molecule has 0 radical (unpaired) electrons. The number of hydrogen-bond donors (Lipinski definition) is 1. The molecule has 1 aromatic heterocycles. The van der Waals surface area contributed by atoms with E-state index in [9.17, 15) is 0 Å². The van der Waals surface area contributed by atoms with Gasteiger partial charge in [0, 0.05) is 23.3 Å². The average molecular weight is 314 g/mol. The Morgan fingerprint density at radius 1 is 1.39 bits per heavy atom. The van der Waals surface area contributed by atoms with Crippen LogP contribution in [0.3, 0.4) is 0 Å². The van der Waals surface area contributed by atoms with Gasteiger partial charge in [-0.1, -0.05) is 13.8 Å². The monoisotopic (exact) mass is 313 g/mol. The molecule has 0 aliphatic carbocycles. The van der Waals surface area contributed by atoms with Crippen LogP contribution in [0.2, 0.25) is 0 Å². The Morgan fingerprint density at radius 3 is 2.56 bits per heavy atom. The fourth-order valence-electron chi connectivity index (χ4n) is 2.02. The van der Waals surface area contributed by atoms with Gasteiger partial charge in [-0.15, -0.1) is 0 Å². The second-order valence-corrected chi connectivity index (χ2v) is 6.41. The van der Waals surface area contributed by atoms with E-state index in [0.29, 0.717) is 12.0 Å². The molecular weight excluding hydrogens is 290 g/mol. The van der Waals surface area contributed by atoms with E-state index in [-0.39, 0.29) is 0 Å². The molecular formula is C14H24BrN3. The Balaban J connectivity index is 2.71. The van der Waals surface area contributed by atoms with Crippen molar-refractivity contribution in [2.24, 2.45) is 5.92 Å². The Kier molecular flexibility index (Phi) is 6.09. The lowest BCUT2D eigenvalue weighted by molar-refractivity contribution is 0.356. The van der Waals surface area contributed by atoms with E-state index in [1.807, 2.05) is 6.20 Å². The molecule has 1 heterocycles. The summed E-state index contributed by atoms with van der Waals surface area (Å²) in [6, 6.07) is 2.53. The van der Waals surface area contributed by atoms with Crippen LogP contribution in [0, 0.1) is 12.8 Å². The minimum atomic E-state index is 0.438. The number of aromatic nitrogens is 1. The molecule has 0 aromatic carbocycles. The van der Waals surface area contributed by atoms with Crippen molar-refractivity contribution < 1.29 is 0 Å². The Bertz CT molecular complexity index is 367. The van der Waals surface area contributed by atoms with E-state index in [1.165, 1.54) is 5.56 Å². The van der Waals surface area contributed by atoms with Gasteiger partial charge >= 0.3 is 0 Å². The highest BCUT2D eigenvalue weighted by atomic mass is 79.9. The highest BCUT2D eigenvalue weighted by Crippen LogP contribution is 2.19. The van der Waals surface area contributed by atoms with E-state index in [2.05, 4.69) is 72.1 Å². The molecule has 0 fully saturated rings. The number of aryl methyl sites for hydroxylation is 1. The van der Waals surface area contributed by atoms with Gasteiger partial charge in [0.05, 0.1) is 0 Å². The van der Waals surface area contributed by atoms with Crippen LogP contribution in [0.25, 0.3) is 0 Å². The summed E-state index contributed by atoms with van der Waals surface area (Å²) in [7, 11) is 4.21. The Morgan fingerprint density at radius 2 is 2.06 bits per heavy atom. The number of pyridine rings is 1. The maximum atomic E-state index is 4.42. The summed E-state index contributed by atoms with van der Waals surface area (Å²) >= 11 is 3.48. The second kappa shape index (κ2) is 7.10. The molecule has 4 heteroatoms. The second-order valence-electron chi connectivity index (χ2n) is 5.55. The maximum Gasteiger partial charge on any atom is 0.126 e. The molecule has 1 aromatic rings. The number of likely N-dealkylation sites (N-methyl/N-ethyl adjacent to an activating group) is 1. The average Bonchev–Trinajstić information content (AvgIpc) is 2.21. The van der Waals surface area contributed by atoms with Crippen molar-refractivity contribution in [2.45, 2.75) is 33.2 Å². The largest absolute Gasteiger partial charge is 0.366 e. The first-order valence-electron chi connectivity index (χ1n) is 6.42. The smallest absolute Gasteiger partial charge is 0.126 e. The fraction of sp³-hybridized carbons (Fsp3) is 0.643. The maximum absolute atomic E-state index is 4.42. The van der Waals surface area contributed by atoms with E-state index in [0.717, 1.165) is 23.3 Å². The van der Waals surface area contributed by atoms with Crippen molar-refractivity contribution in [1.29, 1.82) is 0 Å². The Hall–Kier alpha value is -0.610. The lowest BCUT2D eigenvalue weighted by Gasteiger charge is -2.24. The number of rotatable bonds is 6. The van der Waals surface area contributed by atoms with Gasteiger partial charge < -0.3 is 10.2 Å². The van der Waals surface area contributed by atoms with Crippen LogP contribution in [0.5, 0.6) is 0 Å². The van der Waals surface area contributed by atoms with Gasteiger partial charge in [-0.2, -0.15) is 0 Å². The SMILES string of the molecule is Cc1cc(NC(CC(C)C)CN(C)C)ncc1Br. The first-order valence-corrected chi connectivity index (χ1v) is 7.21. The number of anilines is 1. The van der Waals surface area contributed by atoms with Gasteiger partial charge in [0.25, 0.3) is 0 Å². The van der Waals surface area contributed by atoms with Crippen molar-refractivity contribution in [3.63, 3.8) is 0 Å². The summed E-state index contributed by atoms with van der Waals surface area (Å²) in [5, 5.41) is 3.54. The topological polar surface area (TPSA) is 28.2 Å². The zero-order valence-corrected chi connectivity index (χ0v) is 13.6. The van der Waals surface area contributed by atoms with Gasteiger partial charge in [-0.3, -0.25) is 0 Å². The lowest BCUT2D eigenvalue weighted by Crippen LogP contribution is -2.33. The molecule has 1 N–H and O–H groups in total. The van der Waals surface area contributed by atoms with Gasteiger partial charge in [0.2, 0.25) is 0 Å². The van der Waals surface area contributed by atoms with Crippen LogP contribution in [-0.2, 0) is 0 Å². The summed E-state index contributed by atoms with van der Waals surface area (Å²) in [5.41, 5.74) is 1.21. The number of nitrogens with one attached hydrogen (secondary N) is 1. The van der Waals surface area contributed by atoms with Crippen LogP contribution in [0.4, 0.5) is 5.82 Å². The molecule has 1 atom stereocenters. The molecule has 1 rings (SSSR count).